The predicted octanol–water partition coefficient (Wildman–Crippen LogP) is 17.2. The van der Waals surface area contributed by atoms with Crippen LogP contribution in [-0.2, 0) is 13.2 Å². The largest absolute Gasteiger partial charge is 0.496 e. The Labute approximate surface area is 584 Å². The number of halogens is 5. The normalized spacial score (nSPS) is 16.7. The molecule has 2 saturated heterocycles. The fourth-order valence-electron chi connectivity index (χ4n) is 13.5. The Morgan fingerprint density at radius 1 is 0.596 bits per heavy atom. The van der Waals surface area contributed by atoms with Gasteiger partial charge < -0.3 is 39.0 Å². The van der Waals surface area contributed by atoms with Gasteiger partial charge in [0.1, 0.15) is 36.2 Å². The van der Waals surface area contributed by atoms with Crippen LogP contribution in [0.3, 0.4) is 0 Å². The van der Waals surface area contributed by atoms with Crippen molar-refractivity contribution < 1.29 is 38.7 Å². The predicted molar refractivity (Wildman–Crippen MR) is 380 cm³/mol. The number of unbranched alkanes of at least 4 members (excludes halogenated alkanes) is 3. The topological polar surface area (TPSA) is 179 Å². The van der Waals surface area contributed by atoms with Crippen LogP contribution < -0.4 is 22.7 Å². The third-order valence-electron chi connectivity index (χ3n) is 18.3. The molecule has 22 heteroatoms. The maximum atomic E-state index is 14.1. The molecule has 0 spiro atoms. The van der Waals surface area contributed by atoms with Crippen molar-refractivity contribution in [2.45, 2.75) is 162 Å². The van der Waals surface area contributed by atoms with Crippen LogP contribution in [-0.4, -0.2) is 130 Å². The molecule has 0 radical (unpaired) electrons. The smallest absolute Gasteiger partial charge is 0.275 e. The molecular weight excluding hydrogens is 1450 g/mol. The van der Waals surface area contributed by atoms with Crippen LogP contribution in [0.25, 0.3) is 45.1 Å². The van der Waals surface area contributed by atoms with E-state index < -0.39 is 41.7 Å². The molecule has 4 aromatic carbocycles. The summed E-state index contributed by atoms with van der Waals surface area (Å²) in [6, 6.07) is 30.1. The Hall–Kier alpha value is -5.90. The first-order valence-corrected chi connectivity index (χ1v) is 42.2. The number of nitrogens with zero attached hydrogens (tertiary/aromatic N) is 8. The zero-order valence-electron chi connectivity index (χ0n) is 54.9. The summed E-state index contributed by atoms with van der Waals surface area (Å²) in [6.07, 6.45) is 13.1. The number of carbonyl (C=O) groups is 2. The molecule has 0 bridgehead atoms. The summed E-state index contributed by atoms with van der Waals surface area (Å²) in [5.74, 6) is 2.04. The summed E-state index contributed by atoms with van der Waals surface area (Å²) in [7, 11) is 3.20. The van der Waals surface area contributed by atoms with Gasteiger partial charge in [-0.15, -0.1) is 0 Å². The molecule has 0 saturated carbocycles. The van der Waals surface area contributed by atoms with E-state index in [4.69, 9.17) is 80.5 Å². The molecule has 4 aliphatic rings. The monoisotopic (exact) mass is 1530 g/mol. The molecule has 2 amide bonds. The van der Waals surface area contributed by atoms with Gasteiger partial charge in [-0.1, -0.05) is 52.5 Å². The van der Waals surface area contributed by atoms with Crippen molar-refractivity contribution in [1.82, 2.24) is 39.3 Å². The van der Waals surface area contributed by atoms with Gasteiger partial charge in [0.05, 0.1) is 59.4 Å². The van der Waals surface area contributed by atoms with Crippen LogP contribution in [0.15, 0.2) is 114 Å². The van der Waals surface area contributed by atoms with Crippen molar-refractivity contribution in [3.05, 3.63) is 157 Å². The first-order valence-electron chi connectivity index (χ1n) is 32.4. The van der Waals surface area contributed by atoms with Crippen LogP contribution in [0.2, 0.25) is 33.4 Å². The van der Waals surface area contributed by atoms with Gasteiger partial charge in [-0.2, -0.15) is 10.2 Å². The molecule has 4 aromatic heterocycles. The summed E-state index contributed by atoms with van der Waals surface area (Å²) in [5.41, 5.74) is 6.55. The van der Waals surface area contributed by atoms with Crippen LogP contribution in [0.1, 0.15) is 145 Å². The van der Waals surface area contributed by atoms with Crippen molar-refractivity contribution in [2.75, 3.05) is 27.3 Å². The van der Waals surface area contributed by atoms with E-state index in [2.05, 4.69) is 59.9 Å². The Kier molecular flexibility index (Phi) is 23.1. The molecular formula is C72H83BrCl4N8O8Sn. The summed E-state index contributed by atoms with van der Waals surface area (Å²) >= 11 is 26.8. The Bertz CT molecular complexity index is 3960. The summed E-state index contributed by atoms with van der Waals surface area (Å²) in [4.78, 5) is 40.9. The molecule has 16 nitrogen and oxygen atoms in total. The third-order valence-corrected chi connectivity index (χ3v) is 35.0. The van der Waals surface area contributed by atoms with Crippen LogP contribution in [0.4, 0.5) is 0 Å². The van der Waals surface area contributed by atoms with E-state index in [0.717, 1.165) is 32.6 Å². The summed E-state index contributed by atoms with van der Waals surface area (Å²) in [6.45, 7) is 16.0. The minimum Gasteiger partial charge on any atom is -0.496 e. The molecule has 12 rings (SSSR count). The molecule has 498 valence electrons. The van der Waals surface area contributed by atoms with E-state index in [-0.39, 0.29) is 30.7 Å². The average molecular weight is 1530 g/mol. The number of aromatic nitrogens is 6. The van der Waals surface area contributed by atoms with Gasteiger partial charge in [0, 0.05) is 90.4 Å². The van der Waals surface area contributed by atoms with Crippen molar-refractivity contribution in [1.29, 1.82) is 0 Å². The molecule has 2 fully saturated rings. The van der Waals surface area contributed by atoms with Gasteiger partial charge >= 0.3 is 124 Å². The van der Waals surface area contributed by atoms with Crippen LogP contribution >= 0.6 is 62.3 Å². The number of rotatable bonds is 17. The SMILES string of the molecule is CCC[CH2][Sn]([CH2]CCC)([CH2]CCC)[c]1ccccn1.COc1cc2c(cc1-c1ccccn1)-c1c(c(C(=O)N3CCC(O)CC3(C)C)nn1-c1cc(Cl)cc(Cl)c1)CO2.COc1cc2c(cc1Br)-c1c(c(C(=O)N3CCC(O)CC3(C)C)nn1-c1cc(Cl)cc(Cl)c1)CO2. The molecule has 4 aliphatic heterocycles. The number of aliphatic hydroxyl groups excluding tert-OH is 2. The average Bonchev–Trinajstić information content (AvgIpc) is 1.56. The van der Waals surface area contributed by atoms with Gasteiger partial charge in [0.25, 0.3) is 11.8 Å². The second-order valence-corrected chi connectivity index (χ2v) is 41.5. The fourth-order valence-corrected chi connectivity index (χ4v) is 30.5. The molecule has 94 heavy (non-hydrogen) atoms. The standard InChI is InChI=1S/C30H28Cl2N4O4.C25H24BrCl2N3O4.C5H4N.3C4H9.Sn/c1-30(2)15-20(37)7-9-35(30)29(38)27-23-16-40-26-14-25(39-3)21(24-6-4-5-8-33-24)13-22(26)28(23)36(34-27)19-11-17(31)10-18(32)12-19;1-25(2)11-16(32)4-5-30(25)24(33)22-18-12-35-20-10-21(34-3)19(26)9-17(20)23(18)31(29-22)15-7-13(27)6-14(28)8-15;1-2-4-6-5-3-1;3*1-3-4-2;/h4-6,8,10-14,20,37H,7,9,15-16H2,1-3H3;6-10,16,32H,4-5,11-12H2,1-3H3;1-4H;3*1,3-4H2,2H3;. The zero-order chi connectivity index (χ0) is 67.2. The maximum absolute atomic E-state index is 14.1. The zero-order valence-corrected chi connectivity index (χ0v) is 62.3. The second kappa shape index (κ2) is 30.7. The van der Waals surface area contributed by atoms with E-state index in [1.54, 1.807) is 85.8 Å². The first kappa shape index (κ1) is 70.9. The molecule has 8 heterocycles. The number of ether oxygens (including phenoxy) is 4. The number of methoxy groups -OCH3 is 2. The minimum atomic E-state index is -2.21. The number of pyridine rings is 2. The number of hydrogen-bond acceptors (Lipinski definition) is 12. The molecule has 8 aromatic rings. The van der Waals surface area contributed by atoms with Gasteiger partial charge in [-0.05, 0) is 130 Å². The van der Waals surface area contributed by atoms with Gasteiger partial charge in [0.2, 0.25) is 0 Å². The van der Waals surface area contributed by atoms with Gasteiger partial charge in [-0.25, -0.2) is 9.36 Å². The second-order valence-electron chi connectivity index (χ2n) is 25.9. The number of carbonyl (C=O) groups excluding carboxylic acids is 2. The number of benzene rings is 4. The Morgan fingerprint density at radius 2 is 1.03 bits per heavy atom. The van der Waals surface area contributed by atoms with Crippen molar-refractivity contribution >= 4 is 96.2 Å². The molecule has 2 N–H and O–H groups in total. The van der Waals surface area contributed by atoms with Crippen molar-refractivity contribution in [3.63, 3.8) is 0 Å². The number of amides is 2. The Balaban J connectivity index is 0.000000164. The summed E-state index contributed by atoms with van der Waals surface area (Å²) in [5, 5.41) is 31.9. The van der Waals surface area contributed by atoms with E-state index >= 15 is 0 Å². The number of piperidine rings is 2. The van der Waals surface area contributed by atoms with Gasteiger partial charge in [0.15, 0.2) is 11.4 Å². The number of fused-ring (bicyclic) bond motifs is 6. The van der Waals surface area contributed by atoms with Gasteiger partial charge in [-0.3, -0.25) is 14.6 Å². The van der Waals surface area contributed by atoms with Crippen LogP contribution in [0, 0.1) is 0 Å². The molecule has 2 unspecified atom stereocenters. The quantitative estimate of drug-likeness (QED) is 0.0825. The van der Waals surface area contributed by atoms with E-state index in [1.165, 1.54) is 51.8 Å². The van der Waals surface area contributed by atoms with Crippen molar-refractivity contribution in [2.24, 2.45) is 0 Å². The van der Waals surface area contributed by atoms with Crippen molar-refractivity contribution in [3.8, 4) is 68.1 Å². The van der Waals surface area contributed by atoms with Crippen LogP contribution in [0.5, 0.6) is 23.0 Å². The summed E-state index contributed by atoms with van der Waals surface area (Å²) < 4.78 is 33.7. The fraction of sp³-hybridized carbons (Fsp3) is 0.417. The molecule has 2 atom stereocenters. The number of aliphatic hydroxyl groups is 2. The van der Waals surface area contributed by atoms with E-state index in [0.29, 0.717) is 116 Å². The first-order chi connectivity index (χ1) is 45.0. The number of hydrogen-bond donors (Lipinski definition) is 2. The third kappa shape index (κ3) is 15.4. The minimum absolute atomic E-state index is 0.140. The number of likely N-dealkylation sites (tertiary alicyclic amines) is 2. The molecule has 0 aliphatic carbocycles. The van der Waals surface area contributed by atoms with E-state index in [1.807, 2.05) is 70.3 Å². The Morgan fingerprint density at radius 3 is 1.44 bits per heavy atom. The maximum Gasteiger partial charge on any atom is 0.275 e. The van der Waals surface area contributed by atoms with E-state index in [9.17, 15) is 19.8 Å².